The Labute approximate surface area is 203 Å². The first-order valence-corrected chi connectivity index (χ1v) is 11.7. The third-order valence-electron chi connectivity index (χ3n) is 5.63. The van der Waals surface area contributed by atoms with Crippen molar-refractivity contribution in [3.63, 3.8) is 0 Å². The van der Waals surface area contributed by atoms with Gasteiger partial charge < -0.3 is 23.6 Å². The summed E-state index contributed by atoms with van der Waals surface area (Å²) in [6, 6.07) is 7.50. The van der Waals surface area contributed by atoms with Crippen LogP contribution in [0.5, 0.6) is 5.75 Å². The molecule has 0 aliphatic carbocycles. The fourth-order valence-electron chi connectivity index (χ4n) is 3.80. The summed E-state index contributed by atoms with van der Waals surface area (Å²) < 4.78 is 23.3. The van der Waals surface area contributed by atoms with E-state index in [1.165, 1.54) is 0 Å². The topological polar surface area (TPSA) is 121 Å². The molecule has 3 aromatic rings. The van der Waals surface area contributed by atoms with Gasteiger partial charge >= 0.3 is 0 Å². The van der Waals surface area contributed by atoms with E-state index in [0.29, 0.717) is 69.9 Å². The summed E-state index contributed by atoms with van der Waals surface area (Å²) in [4.78, 5) is 21.4. The monoisotopic (exact) mass is 485 g/mol. The van der Waals surface area contributed by atoms with Gasteiger partial charge in [-0.2, -0.15) is 4.98 Å². The molecule has 188 valence electrons. The number of carbonyl (C=O) groups is 1. The molecular weight excluding hydrogens is 454 g/mol. The number of rotatable bonds is 11. The van der Waals surface area contributed by atoms with Crippen LogP contribution in [0, 0.1) is 0 Å². The summed E-state index contributed by atoms with van der Waals surface area (Å²) in [6.45, 7) is 8.30. The Morgan fingerprint density at radius 1 is 1.09 bits per heavy atom. The van der Waals surface area contributed by atoms with E-state index in [1.807, 2.05) is 38.1 Å². The van der Waals surface area contributed by atoms with Crippen LogP contribution >= 0.6 is 0 Å². The number of nitrogens with zero attached hydrogens (tertiary/aromatic N) is 7. The van der Waals surface area contributed by atoms with Crippen LogP contribution in [0.25, 0.3) is 11.4 Å². The zero-order chi connectivity index (χ0) is 24.6. The van der Waals surface area contributed by atoms with Gasteiger partial charge in [0.1, 0.15) is 5.75 Å². The van der Waals surface area contributed by atoms with Crippen LogP contribution in [-0.4, -0.2) is 93.6 Å². The number of carbonyl (C=O) groups excluding carboxylic acids is 1. The molecule has 35 heavy (non-hydrogen) atoms. The van der Waals surface area contributed by atoms with E-state index in [-0.39, 0.29) is 5.91 Å². The van der Waals surface area contributed by atoms with Crippen molar-refractivity contribution in [2.45, 2.75) is 33.2 Å². The largest absolute Gasteiger partial charge is 0.497 e. The molecule has 0 atom stereocenters. The standard InChI is InChI=1S/C23H31N7O5/c1-4-33-21(34-5-2)16-30-14-19(25-27-30)23(31)29-12-10-28(11-13-29)15-20-24-22(26-35-20)17-6-8-18(32-3)9-7-17/h6-9,14,21H,4-5,10-13,15-16H2,1-3H3. The third kappa shape index (κ3) is 6.41. The number of hydrogen-bond acceptors (Lipinski definition) is 10. The number of methoxy groups -OCH3 is 1. The van der Waals surface area contributed by atoms with E-state index >= 15 is 0 Å². The Morgan fingerprint density at radius 2 is 1.80 bits per heavy atom. The van der Waals surface area contributed by atoms with Crippen molar-refractivity contribution < 1.29 is 23.5 Å². The zero-order valence-electron chi connectivity index (χ0n) is 20.3. The second kappa shape index (κ2) is 11.9. The number of piperazine rings is 1. The maximum absolute atomic E-state index is 12.9. The second-order valence-corrected chi connectivity index (χ2v) is 7.97. The highest BCUT2D eigenvalue weighted by atomic mass is 16.7. The predicted molar refractivity (Wildman–Crippen MR) is 125 cm³/mol. The van der Waals surface area contributed by atoms with Crippen molar-refractivity contribution in [3.8, 4) is 17.1 Å². The molecule has 0 N–H and O–H groups in total. The minimum absolute atomic E-state index is 0.139. The van der Waals surface area contributed by atoms with Crippen molar-refractivity contribution in [3.05, 3.63) is 42.0 Å². The molecule has 1 fully saturated rings. The van der Waals surface area contributed by atoms with Crippen molar-refractivity contribution >= 4 is 5.91 Å². The maximum Gasteiger partial charge on any atom is 0.276 e. The summed E-state index contributed by atoms with van der Waals surface area (Å²) in [6.07, 6.45) is 1.21. The smallest absolute Gasteiger partial charge is 0.276 e. The molecule has 12 nitrogen and oxygen atoms in total. The van der Waals surface area contributed by atoms with Gasteiger partial charge in [-0.15, -0.1) is 5.10 Å². The molecule has 1 aliphatic heterocycles. The van der Waals surface area contributed by atoms with E-state index in [1.54, 1.807) is 22.9 Å². The molecule has 12 heteroatoms. The van der Waals surface area contributed by atoms with Crippen LogP contribution in [0.15, 0.2) is 35.0 Å². The lowest BCUT2D eigenvalue weighted by Crippen LogP contribution is -2.48. The highest BCUT2D eigenvalue weighted by Crippen LogP contribution is 2.20. The first-order valence-electron chi connectivity index (χ1n) is 11.7. The lowest BCUT2D eigenvalue weighted by Gasteiger charge is -2.33. The van der Waals surface area contributed by atoms with E-state index < -0.39 is 6.29 Å². The SMILES string of the molecule is CCOC(Cn1cc(C(=O)N2CCN(Cc3nc(-c4ccc(OC)cc4)no3)CC2)nn1)OCC. The van der Waals surface area contributed by atoms with Gasteiger partial charge in [0.05, 0.1) is 26.4 Å². The van der Waals surface area contributed by atoms with Gasteiger partial charge in [0.25, 0.3) is 5.91 Å². The van der Waals surface area contributed by atoms with Crippen LogP contribution in [-0.2, 0) is 22.6 Å². The fourth-order valence-corrected chi connectivity index (χ4v) is 3.80. The van der Waals surface area contributed by atoms with Crippen LogP contribution in [0.1, 0.15) is 30.2 Å². The van der Waals surface area contributed by atoms with Crippen LogP contribution in [0.2, 0.25) is 0 Å². The second-order valence-electron chi connectivity index (χ2n) is 7.97. The molecule has 3 heterocycles. The first kappa shape index (κ1) is 24.8. The van der Waals surface area contributed by atoms with Crippen molar-refractivity contribution in [1.29, 1.82) is 0 Å². The van der Waals surface area contributed by atoms with Crippen molar-refractivity contribution in [2.24, 2.45) is 0 Å². The number of hydrogen-bond donors (Lipinski definition) is 0. The van der Waals surface area contributed by atoms with Crippen LogP contribution in [0.3, 0.4) is 0 Å². The Bertz CT molecular complexity index is 1070. The quantitative estimate of drug-likeness (QED) is 0.371. The van der Waals surface area contributed by atoms with Crippen LogP contribution in [0.4, 0.5) is 0 Å². The molecule has 1 aromatic carbocycles. The number of amides is 1. The van der Waals surface area contributed by atoms with Gasteiger partial charge in [0.15, 0.2) is 12.0 Å². The minimum atomic E-state index is -0.423. The average Bonchev–Trinajstić information content (AvgIpc) is 3.54. The maximum atomic E-state index is 12.9. The van der Waals surface area contributed by atoms with Gasteiger partial charge in [-0.1, -0.05) is 10.4 Å². The van der Waals surface area contributed by atoms with Gasteiger partial charge in [-0.25, -0.2) is 4.68 Å². The summed E-state index contributed by atoms with van der Waals surface area (Å²) >= 11 is 0. The number of aromatic nitrogens is 5. The normalized spacial score (nSPS) is 14.6. The van der Waals surface area contributed by atoms with Gasteiger partial charge in [0.2, 0.25) is 11.7 Å². The average molecular weight is 486 g/mol. The van der Waals surface area contributed by atoms with Crippen LogP contribution < -0.4 is 4.74 Å². The van der Waals surface area contributed by atoms with Crippen molar-refractivity contribution in [1.82, 2.24) is 34.9 Å². The predicted octanol–water partition coefficient (Wildman–Crippen LogP) is 1.69. The molecule has 4 rings (SSSR count). The lowest BCUT2D eigenvalue weighted by atomic mass is 10.2. The minimum Gasteiger partial charge on any atom is -0.497 e. The van der Waals surface area contributed by atoms with E-state index in [0.717, 1.165) is 11.3 Å². The molecule has 0 radical (unpaired) electrons. The fraction of sp³-hybridized carbons (Fsp3) is 0.522. The molecule has 0 unspecified atom stereocenters. The van der Waals surface area contributed by atoms with E-state index in [4.69, 9.17) is 18.7 Å². The van der Waals surface area contributed by atoms with E-state index in [2.05, 4.69) is 25.4 Å². The van der Waals surface area contributed by atoms with Gasteiger partial charge in [-0.3, -0.25) is 9.69 Å². The Morgan fingerprint density at radius 3 is 2.46 bits per heavy atom. The third-order valence-corrected chi connectivity index (χ3v) is 5.63. The number of benzene rings is 1. The molecule has 1 aliphatic rings. The molecule has 0 bridgehead atoms. The van der Waals surface area contributed by atoms with E-state index in [9.17, 15) is 4.79 Å². The molecule has 1 saturated heterocycles. The van der Waals surface area contributed by atoms with Gasteiger partial charge in [0, 0.05) is 45.0 Å². The molecule has 0 saturated carbocycles. The van der Waals surface area contributed by atoms with Gasteiger partial charge in [-0.05, 0) is 38.1 Å². The highest BCUT2D eigenvalue weighted by Gasteiger charge is 2.25. The molecule has 1 amide bonds. The Kier molecular flexibility index (Phi) is 8.40. The summed E-state index contributed by atoms with van der Waals surface area (Å²) in [5, 5.41) is 12.2. The molecule has 0 spiro atoms. The Hall–Kier alpha value is -3.35. The Balaban J connectivity index is 1.27. The first-order chi connectivity index (χ1) is 17.1. The summed E-state index contributed by atoms with van der Waals surface area (Å²) in [5.41, 5.74) is 1.17. The van der Waals surface area contributed by atoms with Crippen molar-refractivity contribution in [2.75, 3.05) is 46.5 Å². The number of ether oxygens (including phenoxy) is 3. The highest BCUT2D eigenvalue weighted by molar-refractivity contribution is 5.92. The molecule has 2 aromatic heterocycles. The summed E-state index contributed by atoms with van der Waals surface area (Å²) in [5.74, 6) is 1.71. The summed E-state index contributed by atoms with van der Waals surface area (Å²) in [7, 11) is 1.63. The lowest BCUT2D eigenvalue weighted by molar-refractivity contribution is -0.145. The zero-order valence-corrected chi connectivity index (χ0v) is 20.3. The molecular formula is C23H31N7O5.